The van der Waals surface area contributed by atoms with Crippen LogP contribution >= 0.6 is 11.6 Å². The van der Waals surface area contributed by atoms with E-state index >= 15 is 0 Å². The molecule has 2 atom stereocenters. The van der Waals surface area contributed by atoms with Crippen LogP contribution in [0.15, 0.2) is 36.4 Å². The molecular weight excluding hydrogens is 328 g/mol. The van der Waals surface area contributed by atoms with Gasteiger partial charge in [0.25, 0.3) is 0 Å². The fourth-order valence-electron chi connectivity index (χ4n) is 4.24. The Morgan fingerprint density at radius 1 is 1.12 bits per heavy atom. The van der Waals surface area contributed by atoms with Gasteiger partial charge in [0.15, 0.2) is 0 Å². The summed E-state index contributed by atoms with van der Waals surface area (Å²) in [4.78, 5) is 11.5. The highest BCUT2D eigenvalue weighted by Crippen LogP contribution is 2.45. The maximum Gasteiger partial charge on any atom is 0.134 e. The summed E-state index contributed by atoms with van der Waals surface area (Å²) in [5.74, 6) is 1.83. The van der Waals surface area contributed by atoms with Crippen LogP contribution in [-0.2, 0) is 11.2 Å². The molecule has 1 nitrogen and oxygen atoms in total. The third-order valence-corrected chi connectivity index (χ3v) is 5.96. The van der Waals surface area contributed by atoms with Crippen molar-refractivity contribution in [1.29, 1.82) is 0 Å². The molecule has 0 spiro atoms. The molecule has 0 aromatic heterocycles. The van der Waals surface area contributed by atoms with Crippen LogP contribution in [0.3, 0.4) is 0 Å². The van der Waals surface area contributed by atoms with E-state index in [0.29, 0.717) is 24.2 Å². The van der Waals surface area contributed by atoms with Crippen molar-refractivity contribution in [3.05, 3.63) is 69.2 Å². The summed E-state index contributed by atoms with van der Waals surface area (Å²) < 4.78 is 0. The van der Waals surface area contributed by atoms with E-state index in [0.717, 1.165) is 16.1 Å². The number of rotatable bonds is 4. The van der Waals surface area contributed by atoms with E-state index < -0.39 is 0 Å². The van der Waals surface area contributed by atoms with E-state index in [2.05, 4.69) is 51.1 Å². The number of Topliss-reactive ketones (excluding diaryl/α,β-unsaturated/α-hetero) is 1. The van der Waals surface area contributed by atoms with Crippen molar-refractivity contribution in [3.63, 3.8) is 0 Å². The second-order valence-corrected chi connectivity index (χ2v) is 8.24. The SMILES string of the molecule is CC(=O)Cc1ccc2c(c1)[C@@H](C(C)C)CC[C@H]2c1ccc(Cl)c(C)c1. The van der Waals surface area contributed by atoms with Crippen molar-refractivity contribution < 1.29 is 4.79 Å². The zero-order valence-corrected chi connectivity index (χ0v) is 16.4. The second kappa shape index (κ2) is 7.33. The van der Waals surface area contributed by atoms with Crippen LogP contribution in [0, 0.1) is 12.8 Å². The summed E-state index contributed by atoms with van der Waals surface area (Å²) in [6, 6.07) is 13.1. The third kappa shape index (κ3) is 3.82. The minimum atomic E-state index is 0.224. The average molecular weight is 355 g/mol. The number of hydrogen-bond acceptors (Lipinski definition) is 1. The molecule has 3 rings (SSSR count). The van der Waals surface area contributed by atoms with Gasteiger partial charge in [0.05, 0.1) is 0 Å². The normalized spacial score (nSPS) is 19.8. The first-order valence-corrected chi connectivity index (χ1v) is 9.62. The minimum absolute atomic E-state index is 0.224. The molecule has 2 aromatic carbocycles. The maximum absolute atomic E-state index is 11.5. The molecule has 0 N–H and O–H groups in total. The molecule has 0 amide bonds. The van der Waals surface area contributed by atoms with Gasteiger partial charge in [-0.05, 0) is 72.4 Å². The second-order valence-electron chi connectivity index (χ2n) is 7.83. The maximum atomic E-state index is 11.5. The average Bonchev–Trinajstić information content (AvgIpc) is 2.55. The van der Waals surface area contributed by atoms with Crippen molar-refractivity contribution in [2.75, 3.05) is 0 Å². The highest BCUT2D eigenvalue weighted by molar-refractivity contribution is 6.31. The van der Waals surface area contributed by atoms with E-state index in [-0.39, 0.29) is 5.78 Å². The number of carbonyl (C=O) groups is 1. The fraction of sp³-hybridized carbons (Fsp3) is 0.435. The van der Waals surface area contributed by atoms with Gasteiger partial charge in [-0.2, -0.15) is 0 Å². The Balaban J connectivity index is 2.06. The molecule has 0 aliphatic heterocycles. The summed E-state index contributed by atoms with van der Waals surface area (Å²) in [5, 5.41) is 0.830. The number of carbonyl (C=O) groups excluding carboxylic acids is 1. The van der Waals surface area contributed by atoms with Gasteiger partial charge in [0.1, 0.15) is 5.78 Å². The van der Waals surface area contributed by atoms with Crippen LogP contribution in [0.4, 0.5) is 0 Å². The standard InChI is InChI=1S/C23H27ClO/c1-14(2)19-8-9-20(18-6-10-23(24)15(3)11-18)21-7-5-17(12-16(4)25)13-22(19)21/h5-7,10-11,13-14,19-20H,8-9,12H2,1-4H3/t19-,20+/m1/s1. The number of benzene rings is 2. The van der Waals surface area contributed by atoms with E-state index in [1.807, 2.05) is 6.07 Å². The van der Waals surface area contributed by atoms with E-state index in [1.54, 1.807) is 6.92 Å². The zero-order valence-electron chi connectivity index (χ0n) is 15.6. The Bertz CT molecular complexity index is 791. The molecule has 1 aliphatic rings. The van der Waals surface area contributed by atoms with Crippen LogP contribution in [0.1, 0.15) is 73.3 Å². The van der Waals surface area contributed by atoms with Crippen LogP contribution in [0.25, 0.3) is 0 Å². The molecule has 0 radical (unpaired) electrons. The molecule has 0 fully saturated rings. The minimum Gasteiger partial charge on any atom is -0.300 e. The molecular formula is C23H27ClO. The first-order chi connectivity index (χ1) is 11.9. The summed E-state index contributed by atoms with van der Waals surface area (Å²) >= 11 is 6.22. The van der Waals surface area contributed by atoms with Gasteiger partial charge >= 0.3 is 0 Å². The first-order valence-electron chi connectivity index (χ1n) is 9.25. The van der Waals surface area contributed by atoms with Crippen LogP contribution in [0.5, 0.6) is 0 Å². The lowest BCUT2D eigenvalue weighted by atomic mass is 9.70. The molecule has 0 unspecified atom stereocenters. The Hall–Kier alpha value is -1.60. The van der Waals surface area contributed by atoms with Gasteiger partial charge in [-0.15, -0.1) is 0 Å². The van der Waals surface area contributed by atoms with Gasteiger partial charge < -0.3 is 0 Å². The lowest BCUT2D eigenvalue weighted by molar-refractivity contribution is -0.116. The van der Waals surface area contributed by atoms with Crippen molar-refractivity contribution >= 4 is 17.4 Å². The van der Waals surface area contributed by atoms with Crippen LogP contribution < -0.4 is 0 Å². The largest absolute Gasteiger partial charge is 0.300 e. The lowest BCUT2D eigenvalue weighted by Gasteiger charge is -2.34. The Morgan fingerprint density at radius 3 is 2.52 bits per heavy atom. The summed E-state index contributed by atoms with van der Waals surface area (Å²) in [6.45, 7) is 8.35. The van der Waals surface area contributed by atoms with Gasteiger partial charge in [0, 0.05) is 17.4 Å². The van der Waals surface area contributed by atoms with Crippen LogP contribution in [-0.4, -0.2) is 5.78 Å². The van der Waals surface area contributed by atoms with Crippen LogP contribution in [0.2, 0.25) is 5.02 Å². The van der Waals surface area contributed by atoms with Crippen molar-refractivity contribution in [2.24, 2.45) is 5.92 Å². The summed E-state index contributed by atoms with van der Waals surface area (Å²) in [7, 11) is 0. The van der Waals surface area contributed by atoms with E-state index in [9.17, 15) is 4.79 Å². The number of hydrogen-bond donors (Lipinski definition) is 0. The zero-order chi connectivity index (χ0) is 18.1. The topological polar surface area (TPSA) is 17.1 Å². The molecule has 0 bridgehead atoms. The lowest BCUT2D eigenvalue weighted by Crippen LogP contribution is -2.19. The number of halogens is 1. The van der Waals surface area contributed by atoms with Crippen molar-refractivity contribution in [3.8, 4) is 0 Å². The monoisotopic (exact) mass is 354 g/mol. The van der Waals surface area contributed by atoms with Gasteiger partial charge in [-0.1, -0.05) is 55.8 Å². The van der Waals surface area contributed by atoms with Crippen molar-refractivity contribution in [2.45, 2.75) is 58.8 Å². The van der Waals surface area contributed by atoms with Gasteiger partial charge in [0.2, 0.25) is 0 Å². The Morgan fingerprint density at radius 2 is 1.88 bits per heavy atom. The van der Waals surface area contributed by atoms with Gasteiger partial charge in [-0.25, -0.2) is 0 Å². The summed E-state index contributed by atoms with van der Waals surface area (Å²) in [6.07, 6.45) is 2.90. The van der Waals surface area contributed by atoms with Gasteiger partial charge in [-0.3, -0.25) is 4.79 Å². The number of ketones is 1. The smallest absolute Gasteiger partial charge is 0.134 e. The van der Waals surface area contributed by atoms with Crippen molar-refractivity contribution in [1.82, 2.24) is 0 Å². The molecule has 2 heteroatoms. The highest BCUT2D eigenvalue weighted by Gasteiger charge is 2.30. The quantitative estimate of drug-likeness (QED) is 0.617. The van der Waals surface area contributed by atoms with E-state index in [4.69, 9.17) is 11.6 Å². The fourth-order valence-corrected chi connectivity index (χ4v) is 4.36. The molecule has 25 heavy (non-hydrogen) atoms. The molecule has 1 aliphatic carbocycles. The highest BCUT2D eigenvalue weighted by atomic mass is 35.5. The van der Waals surface area contributed by atoms with E-state index in [1.165, 1.54) is 29.5 Å². The number of fused-ring (bicyclic) bond motifs is 1. The predicted octanol–water partition coefficient (Wildman–Crippen LogP) is 6.45. The molecule has 132 valence electrons. The summed E-state index contributed by atoms with van der Waals surface area (Å²) in [5.41, 5.74) is 6.51. The Labute approximate surface area is 156 Å². The molecule has 2 aromatic rings. The molecule has 0 saturated carbocycles. The molecule has 0 saturated heterocycles. The molecule has 0 heterocycles. The Kier molecular flexibility index (Phi) is 5.34. The first kappa shape index (κ1) is 18.2. The third-order valence-electron chi connectivity index (χ3n) is 5.53. The predicted molar refractivity (Wildman–Crippen MR) is 106 cm³/mol. The number of aryl methyl sites for hydroxylation is 1.